The second-order valence-electron chi connectivity index (χ2n) is 3.48. The standard InChI is InChI=1S/C12H12N6S/c13-16-12(19)18-17-11(9-5-1-3-7-14-9)10-6-2-4-8-15-10/h1-8H,13H2,(H2,16,18,19). The fraction of sp³-hybridized carbons (Fsp3) is 0. The minimum atomic E-state index is 0.212. The van der Waals surface area contributed by atoms with Crippen LogP contribution < -0.4 is 16.7 Å². The number of rotatable bonds is 3. The normalized spacial score (nSPS) is 9.53. The van der Waals surface area contributed by atoms with E-state index >= 15 is 0 Å². The lowest BCUT2D eigenvalue weighted by Crippen LogP contribution is -2.37. The summed E-state index contributed by atoms with van der Waals surface area (Å²) in [6, 6.07) is 11.1. The summed E-state index contributed by atoms with van der Waals surface area (Å²) in [5.41, 5.74) is 6.89. The summed E-state index contributed by atoms with van der Waals surface area (Å²) < 4.78 is 0. The Hall–Kier alpha value is -2.38. The number of hydrazone groups is 1. The van der Waals surface area contributed by atoms with Gasteiger partial charge in [-0.3, -0.25) is 20.8 Å². The molecule has 2 heterocycles. The van der Waals surface area contributed by atoms with Crippen molar-refractivity contribution in [1.29, 1.82) is 0 Å². The molecule has 2 rings (SSSR count). The van der Waals surface area contributed by atoms with Gasteiger partial charge in [0.25, 0.3) is 0 Å². The Bertz CT molecular complexity index is 528. The van der Waals surface area contributed by atoms with Gasteiger partial charge in [-0.15, -0.1) is 0 Å². The number of hydrazine groups is 1. The molecule has 0 amide bonds. The minimum absolute atomic E-state index is 0.212. The van der Waals surface area contributed by atoms with Crippen molar-refractivity contribution in [3.05, 3.63) is 60.2 Å². The molecule has 0 aliphatic rings. The van der Waals surface area contributed by atoms with E-state index in [2.05, 4.69) is 25.9 Å². The lowest BCUT2D eigenvalue weighted by Gasteiger charge is -2.06. The molecular weight excluding hydrogens is 260 g/mol. The van der Waals surface area contributed by atoms with E-state index in [4.69, 9.17) is 18.1 Å². The number of nitrogens with zero attached hydrogens (tertiary/aromatic N) is 3. The largest absolute Gasteiger partial charge is 0.300 e. The number of nitrogens with two attached hydrogens (primary N) is 1. The second kappa shape index (κ2) is 6.53. The number of aromatic nitrogens is 2. The van der Waals surface area contributed by atoms with Gasteiger partial charge in [-0.2, -0.15) is 5.10 Å². The zero-order chi connectivity index (χ0) is 13.5. The van der Waals surface area contributed by atoms with Gasteiger partial charge >= 0.3 is 0 Å². The molecular formula is C12H12N6S. The van der Waals surface area contributed by atoms with Crippen molar-refractivity contribution in [3.8, 4) is 0 Å². The van der Waals surface area contributed by atoms with Crippen molar-refractivity contribution >= 4 is 23.0 Å². The van der Waals surface area contributed by atoms with E-state index in [9.17, 15) is 0 Å². The van der Waals surface area contributed by atoms with Gasteiger partial charge in [-0.1, -0.05) is 12.1 Å². The average molecular weight is 272 g/mol. The molecule has 0 spiro atoms. The molecule has 0 radical (unpaired) electrons. The summed E-state index contributed by atoms with van der Waals surface area (Å²) in [5.74, 6) is 5.18. The monoisotopic (exact) mass is 272 g/mol. The Balaban J connectivity index is 2.37. The summed E-state index contributed by atoms with van der Waals surface area (Å²) in [6.07, 6.45) is 3.38. The van der Waals surface area contributed by atoms with Crippen molar-refractivity contribution in [2.24, 2.45) is 10.9 Å². The van der Waals surface area contributed by atoms with E-state index < -0.39 is 0 Å². The molecule has 0 aromatic carbocycles. The van der Waals surface area contributed by atoms with Crippen LogP contribution in [-0.4, -0.2) is 20.8 Å². The van der Waals surface area contributed by atoms with Crippen LogP contribution in [0, 0.1) is 0 Å². The van der Waals surface area contributed by atoms with Crippen molar-refractivity contribution in [2.75, 3.05) is 0 Å². The second-order valence-corrected chi connectivity index (χ2v) is 3.88. The lowest BCUT2D eigenvalue weighted by molar-refractivity contribution is 0.924. The number of pyridine rings is 2. The number of hydrogen-bond donors (Lipinski definition) is 3. The number of thiocarbonyl (C=S) groups is 1. The Morgan fingerprint density at radius 3 is 2.05 bits per heavy atom. The molecule has 6 nitrogen and oxygen atoms in total. The highest BCUT2D eigenvalue weighted by Crippen LogP contribution is 2.05. The smallest absolute Gasteiger partial charge is 0.201 e. The molecule has 0 aliphatic carbocycles. The maximum atomic E-state index is 5.18. The van der Waals surface area contributed by atoms with Gasteiger partial charge in [0.1, 0.15) is 5.71 Å². The van der Waals surface area contributed by atoms with Crippen LogP contribution in [0.25, 0.3) is 0 Å². The third kappa shape index (κ3) is 3.54. The van der Waals surface area contributed by atoms with Crippen LogP contribution in [0.3, 0.4) is 0 Å². The van der Waals surface area contributed by atoms with Gasteiger partial charge < -0.3 is 0 Å². The third-order valence-electron chi connectivity index (χ3n) is 2.22. The van der Waals surface area contributed by atoms with Crippen molar-refractivity contribution in [1.82, 2.24) is 20.8 Å². The highest BCUT2D eigenvalue weighted by Gasteiger charge is 2.09. The van der Waals surface area contributed by atoms with E-state index in [-0.39, 0.29) is 5.11 Å². The van der Waals surface area contributed by atoms with Gasteiger partial charge in [-0.05, 0) is 36.5 Å². The van der Waals surface area contributed by atoms with Crippen LogP contribution in [-0.2, 0) is 0 Å². The summed E-state index contributed by atoms with van der Waals surface area (Å²) in [4.78, 5) is 8.51. The van der Waals surface area contributed by atoms with Gasteiger partial charge in [0, 0.05) is 12.4 Å². The molecule has 0 atom stereocenters. The number of hydrogen-bond acceptors (Lipinski definition) is 5. The molecule has 0 aliphatic heterocycles. The number of nitrogens with one attached hydrogen (secondary N) is 2. The summed E-state index contributed by atoms with van der Waals surface area (Å²) >= 11 is 4.88. The summed E-state index contributed by atoms with van der Waals surface area (Å²) in [5, 5.41) is 4.41. The van der Waals surface area contributed by atoms with E-state index in [1.807, 2.05) is 36.4 Å². The molecule has 0 unspecified atom stereocenters. The molecule has 96 valence electrons. The molecule has 0 saturated heterocycles. The Morgan fingerprint density at radius 2 is 1.63 bits per heavy atom. The molecule has 0 fully saturated rings. The SMILES string of the molecule is NNC(=S)NN=C(c1ccccn1)c1ccccn1. The first kappa shape index (κ1) is 13.1. The van der Waals surface area contributed by atoms with Crippen LogP contribution in [0.5, 0.6) is 0 Å². The zero-order valence-corrected chi connectivity index (χ0v) is 10.8. The van der Waals surface area contributed by atoms with Crippen molar-refractivity contribution in [3.63, 3.8) is 0 Å². The zero-order valence-electron chi connectivity index (χ0n) is 9.95. The van der Waals surface area contributed by atoms with E-state index in [1.54, 1.807) is 12.4 Å². The van der Waals surface area contributed by atoms with E-state index in [1.165, 1.54) is 0 Å². The molecule has 7 heteroatoms. The summed E-state index contributed by atoms with van der Waals surface area (Å²) in [6.45, 7) is 0. The van der Waals surface area contributed by atoms with Gasteiger partial charge in [0.05, 0.1) is 11.4 Å². The van der Waals surface area contributed by atoms with Crippen molar-refractivity contribution < 1.29 is 0 Å². The Labute approximate surface area is 115 Å². The highest BCUT2D eigenvalue weighted by molar-refractivity contribution is 7.80. The van der Waals surface area contributed by atoms with Crippen LogP contribution in [0.15, 0.2) is 53.9 Å². The van der Waals surface area contributed by atoms with Crippen molar-refractivity contribution in [2.45, 2.75) is 0 Å². The fourth-order valence-electron chi connectivity index (χ4n) is 1.39. The van der Waals surface area contributed by atoms with Crippen LogP contribution >= 0.6 is 12.2 Å². The Morgan fingerprint density at radius 1 is 1.05 bits per heavy atom. The maximum absolute atomic E-state index is 5.18. The molecule has 0 bridgehead atoms. The quantitative estimate of drug-likeness (QED) is 0.328. The van der Waals surface area contributed by atoms with Gasteiger partial charge in [0.15, 0.2) is 0 Å². The predicted octanol–water partition coefficient (Wildman–Crippen LogP) is 0.567. The fourth-order valence-corrected chi connectivity index (χ4v) is 1.44. The molecule has 19 heavy (non-hydrogen) atoms. The van der Waals surface area contributed by atoms with E-state index in [0.717, 1.165) is 0 Å². The first-order valence-corrected chi connectivity index (χ1v) is 5.89. The van der Waals surface area contributed by atoms with Crippen LogP contribution in [0.2, 0.25) is 0 Å². The minimum Gasteiger partial charge on any atom is -0.300 e. The third-order valence-corrected chi connectivity index (χ3v) is 2.42. The van der Waals surface area contributed by atoms with E-state index in [0.29, 0.717) is 17.1 Å². The Kier molecular flexibility index (Phi) is 4.49. The topological polar surface area (TPSA) is 88.2 Å². The first-order valence-electron chi connectivity index (χ1n) is 5.48. The lowest BCUT2D eigenvalue weighted by atomic mass is 10.1. The van der Waals surface area contributed by atoms with Gasteiger partial charge in [0.2, 0.25) is 5.11 Å². The molecule has 2 aromatic rings. The van der Waals surface area contributed by atoms with Crippen LogP contribution in [0.4, 0.5) is 0 Å². The predicted molar refractivity (Wildman–Crippen MR) is 77.2 cm³/mol. The maximum Gasteiger partial charge on any atom is 0.201 e. The molecule has 0 saturated carbocycles. The van der Waals surface area contributed by atoms with Crippen LogP contribution in [0.1, 0.15) is 11.4 Å². The first-order chi connectivity index (χ1) is 9.31. The molecule has 4 N–H and O–H groups in total. The highest BCUT2D eigenvalue weighted by atomic mass is 32.1. The molecule has 2 aromatic heterocycles. The van der Waals surface area contributed by atoms with Gasteiger partial charge in [-0.25, -0.2) is 5.84 Å². The average Bonchev–Trinajstić information content (AvgIpc) is 2.49. The summed E-state index contributed by atoms with van der Waals surface area (Å²) in [7, 11) is 0.